The maximum Gasteiger partial charge on any atom is 0.128 e. The summed E-state index contributed by atoms with van der Waals surface area (Å²) in [5, 5.41) is 0. The Morgan fingerprint density at radius 2 is 2.31 bits per heavy atom. The molecule has 0 aromatic heterocycles. The zero-order valence-electron chi connectivity index (χ0n) is 7.46. The zero-order chi connectivity index (χ0) is 9.84. The topological polar surface area (TPSA) is 35.2 Å². The van der Waals surface area contributed by atoms with Gasteiger partial charge in [-0.25, -0.2) is 4.39 Å². The van der Waals surface area contributed by atoms with Crippen molar-refractivity contribution in [1.29, 1.82) is 0 Å². The van der Waals surface area contributed by atoms with Gasteiger partial charge in [0.05, 0.1) is 13.2 Å². The van der Waals surface area contributed by atoms with Crippen LogP contribution in [0, 0.1) is 5.82 Å². The lowest BCUT2D eigenvalue weighted by Gasteiger charge is -2.09. The van der Waals surface area contributed by atoms with Crippen molar-refractivity contribution >= 4 is 0 Å². The van der Waals surface area contributed by atoms with E-state index in [9.17, 15) is 4.39 Å². The molecule has 0 aliphatic carbocycles. The fourth-order valence-electron chi connectivity index (χ4n) is 1.03. The summed E-state index contributed by atoms with van der Waals surface area (Å²) >= 11 is 0. The van der Waals surface area contributed by atoms with Crippen LogP contribution < -0.4 is 10.5 Å². The molecular weight excluding hydrogens is 169 g/mol. The molecule has 1 aromatic rings. The molecule has 1 unspecified atom stereocenters. The van der Waals surface area contributed by atoms with Crippen molar-refractivity contribution in [3.8, 4) is 5.75 Å². The Hall–Kier alpha value is -1.35. The normalized spacial score (nSPS) is 12.2. The van der Waals surface area contributed by atoms with Gasteiger partial charge in [0.2, 0.25) is 0 Å². The molecule has 0 fully saturated rings. The number of hydrogen-bond acceptors (Lipinski definition) is 2. The molecule has 13 heavy (non-hydrogen) atoms. The summed E-state index contributed by atoms with van der Waals surface area (Å²) in [6.45, 7) is 3.50. The second kappa shape index (κ2) is 4.05. The lowest BCUT2D eigenvalue weighted by molar-refractivity contribution is 0.412. The molecule has 0 saturated heterocycles. The Balaban J connectivity index is 3.10. The van der Waals surface area contributed by atoms with Gasteiger partial charge in [0, 0.05) is 5.56 Å². The zero-order valence-corrected chi connectivity index (χ0v) is 7.46. The minimum Gasteiger partial charge on any atom is -0.497 e. The van der Waals surface area contributed by atoms with Crippen molar-refractivity contribution in [2.45, 2.75) is 6.04 Å². The van der Waals surface area contributed by atoms with Gasteiger partial charge in [0.1, 0.15) is 11.6 Å². The highest BCUT2D eigenvalue weighted by Gasteiger charge is 2.08. The maximum atomic E-state index is 13.2. The van der Waals surface area contributed by atoms with Gasteiger partial charge in [-0.1, -0.05) is 6.08 Å². The largest absolute Gasteiger partial charge is 0.497 e. The molecule has 0 radical (unpaired) electrons. The predicted molar refractivity (Wildman–Crippen MR) is 50.1 cm³/mol. The fourth-order valence-corrected chi connectivity index (χ4v) is 1.03. The van der Waals surface area contributed by atoms with E-state index >= 15 is 0 Å². The molecule has 0 aliphatic heterocycles. The monoisotopic (exact) mass is 181 g/mol. The van der Waals surface area contributed by atoms with Gasteiger partial charge in [-0.3, -0.25) is 0 Å². The van der Waals surface area contributed by atoms with Crippen LogP contribution in [0.1, 0.15) is 11.6 Å². The van der Waals surface area contributed by atoms with Crippen molar-refractivity contribution in [1.82, 2.24) is 0 Å². The van der Waals surface area contributed by atoms with Gasteiger partial charge in [0.25, 0.3) is 0 Å². The molecule has 0 bridgehead atoms. The number of ether oxygens (including phenoxy) is 1. The van der Waals surface area contributed by atoms with Crippen LogP contribution in [0.15, 0.2) is 30.9 Å². The van der Waals surface area contributed by atoms with Crippen molar-refractivity contribution in [2.24, 2.45) is 5.73 Å². The second-order valence-electron chi connectivity index (χ2n) is 2.65. The molecule has 0 aliphatic rings. The van der Waals surface area contributed by atoms with Crippen LogP contribution >= 0.6 is 0 Å². The second-order valence-corrected chi connectivity index (χ2v) is 2.65. The Morgan fingerprint density at radius 3 is 2.85 bits per heavy atom. The fraction of sp³-hybridized carbons (Fsp3) is 0.200. The first-order valence-electron chi connectivity index (χ1n) is 3.90. The standard InChI is InChI=1S/C10H12FNO/c1-3-10(12)8-6-7(13-2)4-5-9(8)11/h3-6,10H,1,12H2,2H3. The maximum absolute atomic E-state index is 13.2. The molecule has 0 saturated carbocycles. The number of rotatable bonds is 3. The van der Waals surface area contributed by atoms with Gasteiger partial charge in [-0.05, 0) is 18.2 Å². The van der Waals surface area contributed by atoms with E-state index in [0.717, 1.165) is 0 Å². The lowest BCUT2D eigenvalue weighted by Crippen LogP contribution is -2.08. The Kier molecular flexibility index (Phi) is 3.03. The average molecular weight is 181 g/mol. The Morgan fingerprint density at radius 1 is 1.62 bits per heavy atom. The van der Waals surface area contributed by atoms with E-state index in [-0.39, 0.29) is 5.82 Å². The summed E-state index contributed by atoms with van der Waals surface area (Å²) in [4.78, 5) is 0. The molecule has 0 spiro atoms. The van der Waals surface area contributed by atoms with E-state index in [0.29, 0.717) is 11.3 Å². The van der Waals surface area contributed by atoms with E-state index in [1.807, 2.05) is 0 Å². The Bertz CT molecular complexity index is 312. The summed E-state index contributed by atoms with van der Waals surface area (Å²) in [5.41, 5.74) is 6.00. The number of nitrogens with two attached hydrogens (primary N) is 1. The number of methoxy groups -OCH3 is 1. The van der Waals surface area contributed by atoms with E-state index in [4.69, 9.17) is 10.5 Å². The minimum atomic E-state index is -0.491. The van der Waals surface area contributed by atoms with E-state index in [1.54, 1.807) is 12.1 Å². The summed E-state index contributed by atoms with van der Waals surface area (Å²) < 4.78 is 18.1. The van der Waals surface area contributed by atoms with Crippen molar-refractivity contribution in [3.63, 3.8) is 0 Å². The summed E-state index contributed by atoms with van der Waals surface area (Å²) in [7, 11) is 1.52. The number of halogens is 1. The summed E-state index contributed by atoms with van der Waals surface area (Å²) in [5.74, 6) is 0.252. The van der Waals surface area contributed by atoms with Crippen LogP contribution in [0.5, 0.6) is 5.75 Å². The summed E-state index contributed by atoms with van der Waals surface area (Å²) in [6, 6.07) is 3.96. The molecule has 0 amide bonds. The number of hydrogen-bond donors (Lipinski definition) is 1. The third kappa shape index (κ3) is 2.06. The Labute approximate surface area is 76.8 Å². The van der Waals surface area contributed by atoms with Crippen LogP contribution in [0.2, 0.25) is 0 Å². The molecule has 2 nitrogen and oxygen atoms in total. The molecular formula is C10H12FNO. The van der Waals surface area contributed by atoms with Crippen LogP contribution in [-0.2, 0) is 0 Å². The van der Waals surface area contributed by atoms with E-state index < -0.39 is 6.04 Å². The first-order chi connectivity index (χ1) is 6.19. The highest BCUT2D eigenvalue weighted by molar-refractivity contribution is 5.33. The molecule has 1 atom stereocenters. The van der Waals surface area contributed by atoms with Crippen molar-refractivity contribution < 1.29 is 9.13 Å². The first-order valence-corrected chi connectivity index (χ1v) is 3.90. The molecule has 2 N–H and O–H groups in total. The van der Waals surface area contributed by atoms with Crippen molar-refractivity contribution in [3.05, 3.63) is 42.2 Å². The molecule has 0 heterocycles. The highest BCUT2D eigenvalue weighted by Crippen LogP contribution is 2.21. The highest BCUT2D eigenvalue weighted by atomic mass is 19.1. The predicted octanol–water partition coefficient (Wildman–Crippen LogP) is 2.02. The van der Waals surface area contributed by atoms with Crippen LogP contribution in [0.3, 0.4) is 0 Å². The summed E-state index contributed by atoms with van der Waals surface area (Å²) in [6.07, 6.45) is 1.48. The minimum absolute atomic E-state index is 0.340. The van der Waals surface area contributed by atoms with Crippen LogP contribution in [0.4, 0.5) is 4.39 Å². The van der Waals surface area contributed by atoms with Gasteiger partial charge in [0.15, 0.2) is 0 Å². The van der Waals surface area contributed by atoms with Gasteiger partial charge >= 0.3 is 0 Å². The molecule has 1 aromatic carbocycles. The third-order valence-corrected chi connectivity index (χ3v) is 1.82. The third-order valence-electron chi connectivity index (χ3n) is 1.82. The molecule has 70 valence electrons. The van der Waals surface area contributed by atoms with E-state index in [2.05, 4.69) is 6.58 Å². The van der Waals surface area contributed by atoms with Gasteiger partial charge in [-0.15, -0.1) is 6.58 Å². The average Bonchev–Trinajstić information content (AvgIpc) is 2.17. The smallest absolute Gasteiger partial charge is 0.128 e. The quantitative estimate of drug-likeness (QED) is 0.724. The lowest BCUT2D eigenvalue weighted by atomic mass is 10.1. The number of benzene rings is 1. The van der Waals surface area contributed by atoms with Crippen molar-refractivity contribution in [2.75, 3.05) is 7.11 Å². The SMILES string of the molecule is C=CC(N)c1cc(OC)ccc1F. The van der Waals surface area contributed by atoms with Gasteiger partial charge in [-0.2, -0.15) is 0 Å². The molecule has 3 heteroatoms. The van der Waals surface area contributed by atoms with Gasteiger partial charge < -0.3 is 10.5 Å². The van der Waals surface area contributed by atoms with Crippen LogP contribution in [0.25, 0.3) is 0 Å². The molecule has 1 rings (SSSR count). The first kappa shape index (κ1) is 9.74. The van der Waals surface area contributed by atoms with E-state index in [1.165, 1.54) is 19.3 Å². The van der Waals surface area contributed by atoms with Crippen LogP contribution in [-0.4, -0.2) is 7.11 Å².